The Kier molecular flexibility index (Phi) is 8.58. The van der Waals surface area contributed by atoms with Crippen LogP contribution in [0.25, 0.3) is 0 Å². The third-order valence-electron chi connectivity index (χ3n) is 6.96. The number of phenolic OH excluding ortho intramolecular Hbond substituents is 1. The Hall–Kier alpha value is -4.72. The molecule has 4 aromatic carbocycles. The van der Waals surface area contributed by atoms with E-state index in [0.717, 1.165) is 35.3 Å². The van der Waals surface area contributed by atoms with Crippen molar-refractivity contribution < 1.29 is 38.3 Å². The second-order valence-electron chi connectivity index (χ2n) is 9.65. The van der Waals surface area contributed by atoms with Gasteiger partial charge in [0.2, 0.25) is 18.3 Å². The van der Waals surface area contributed by atoms with Crippen LogP contribution in [0, 0.1) is 0 Å². The summed E-state index contributed by atoms with van der Waals surface area (Å²) in [4.78, 5) is 0. The molecule has 0 amide bonds. The normalized spacial score (nSPS) is 11.7. The molecular weight excluding hydrogens is 524 g/mol. The van der Waals surface area contributed by atoms with Crippen molar-refractivity contribution in [2.45, 2.75) is 25.7 Å². The highest BCUT2D eigenvalue weighted by Gasteiger charge is 2.20. The summed E-state index contributed by atoms with van der Waals surface area (Å²) in [6.45, 7) is 0.176. The van der Waals surface area contributed by atoms with E-state index in [-0.39, 0.29) is 18.3 Å². The Balaban J connectivity index is 1.35. The zero-order chi connectivity index (χ0) is 28.8. The van der Waals surface area contributed by atoms with E-state index in [9.17, 15) is 5.11 Å². The average molecular weight is 559 g/mol. The van der Waals surface area contributed by atoms with Crippen LogP contribution in [0.2, 0.25) is 0 Å². The lowest BCUT2D eigenvalue weighted by Gasteiger charge is -2.16. The summed E-state index contributed by atoms with van der Waals surface area (Å²) < 4.78 is 39.2. The summed E-state index contributed by atoms with van der Waals surface area (Å²) in [6.07, 6.45) is 2.93. The summed E-state index contributed by atoms with van der Waals surface area (Å²) in [6, 6.07) is 21.3. The van der Waals surface area contributed by atoms with Crippen LogP contribution in [0.1, 0.15) is 22.3 Å². The van der Waals surface area contributed by atoms with E-state index < -0.39 is 0 Å². The van der Waals surface area contributed by atoms with Gasteiger partial charge in [0.25, 0.3) is 0 Å². The summed E-state index contributed by atoms with van der Waals surface area (Å²) in [7, 11) is 6.41. The van der Waals surface area contributed by atoms with Crippen LogP contribution in [-0.2, 0) is 25.7 Å². The molecule has 0 saturated carbocycles. The van der Waals surface area contributed by atoms with E-state index >= 15 is 0 Å². The molecule has 0 unspecified atom stereocenters. The molecule has 8 heteroatoms. The molecule has 0 aromatic heterocycles. The first kappa shape index (κ1) is 27.8. The Morgan fingerprint density at radius 2 is 1.27 bits per heavy atom. The van der Waals surface area contributed by atoms with Gasteiger partial charge in [0.05, 0.1) is 28.4 Å². The number of benzene rings is 4. The van der Waals surface area contributed by atoms with Crippen molar-refractivity contribution >= 4 is 0 Å². The van der Waals surface area contributed by atoms with Crippen molar-refractivity contribution in [3.05, 3.63) is 89.0 Å². The number of rotatable bonds is 12. The highest BCUT2D eigenvalue weighted by Crippen LogP contribution is 2.43. The van der Waals surface area contributed by atoms with Crippen molar-refractivity contribution in [3.8, 4) is 51.7 Å². The average Bonchev–Trinajstić information content (AvgIpc) is 3.47. The third-order valence-corrected chi connectivity index (χ3v) is 6.96. The van der Waals surface area contributed by atoms with Crippen LogP contribution < -0.4 is 33.2 Å². The number of methoxy groups -OCH3 is 4. The lowest BCUT2D eigenvalue weighted by molar-refractivity contribution is 0.171. The highest BCUT2D eigenvalue weighted by atomic mass is 16.7. The lowest BCUT2D eigenvalue weighted by atomic mass is 10.0. The molecule has 0 radical (unpaired) electrons. The summed E-state index contributed by atoms with van der Waals surface area (Å²) in [5, 5.41) is 10.8. The zero-order valence-electron chi connectivity index (χ0n) is 23.7. The van der Waals surface area contributed by atoms with Gasteiger partial charge in [-0.15, -0.1) is 0 Å². The second kappa shape index (κ2) is 12.6. The van der Waals surface area contributed by atoms with Gasteiger partial charge in [-0.3, -0.25) is 0 Å². The van der Waals surface area contributed by atoms with E-state index in [1.54, 1.807) is 27.4 Å². The Morgan fingerprint density at radius 1 is 0.610 bits per heavy atom. The van der Waals surface area contributed by atoms with Crippen LogP contribution in [0.5, 0.6) is 51.7 Å². The number of hydrogen-bond acceptors (Lipinski definition) is 8. The van der Waals surface area contributed by atoms with Crippen LogP contribution in [0.3, 0.4) is 0 Å². The Bertz CT molecular complexity index is 1510. The first-order valence-corrected chi connectivity index (χ1v) is 13.3. The van der Waals surface area contributed by atoms with Crippen molar-refractivity contribution in [2.24, 2.45) is 0 Å². The molecule has 1 heterocycles. The van der Waals surface area contributed by atoms with Gasteiger partial charge in [-0.1, -0.05) is 12.1 Å². The number of fused-ring (bicyclic) bond motifs is 1. The maximum Gasteiger partial charge on any atom is 0.231 e. The molecule has 1 aliphatic heterocycles. The highest BCUT2D eigenvalue weighted by molar-refractivity contribution is 5.57. The van der Waals surface area contributed by atoms with Crippen LogP contribution in [0.4, 0.5) is 0 Å². The van der Waals surface area contributed by atoms with Gasteiger partial charge in [-0.05, 0) is 96.5 Å². The zero-order valence-corrected chi connectivity index (χ0v) is 23.7. The minimum atomic E-state index is 0.00408. The fraction of sp³-hybridized carbons (Fsp3) is 0.273. The summed E-state index contributed by atoms with van der Waals surface area (Å²) >= 11 is 0. The van der Waals surface area contributed by atoms with Crippen molar-refractivity contribution in [2.75, 3.05) is 35.2 Å². The van der Waals surface area contributed by atoms with Crippen molar-refractivity contribution in [3.63, 3.8) is 0 Å². The van der Waals surface area contributed by atoms with E-state index in [4.69, 9.17) is 33.2 Å². The molecule has 0 fully saturated rings. The van der Waals surface area contributed by atoms with Gasteiger partial charge in [0.15, 0.2) is 23.0 Å². The van der Waals surface area contributed by atoms with Crippen LogP contribution in [-0.4, -0.2) is 40.3 Å². The maximum atomic E-state index is 10.8. The van der Waals surface area contributed by atoms with E-state index in [0.29, 0.717) is 47.3 Å². The Labute approximate surface area is 239 Å². The lowest BCUT2D eigenvalue weighted by Crippen LogP contribution is -1.98. The number of hydrogen-bond donors (Lipinski definition) is 1. The predicted octanol–water partition coefficient (Wildman–Crippen LogP) is 6.52. The minimum absolute atomic E-state index is 0.00408. The maximum absolute atomic E-state index is 10.8. The monoisotopic (exact) mass is 558 g/mol. The smallest absolute Gasteiger partial charge is 0.231 e. The molecule has 0 atom stereocenters. The number of aryl methyl sites for hydroxylation is 4. The number of aromatic hydroxyl groups is 1. The van der Waals surface area contributed by atoms with Gasteiger partial charge in [-0.25, -0.2) is 0 Å². The van der Waals surface area contributed by atoms with Gasteiger partial charge in [0, 0.05) is 6.07 Å². The number of ether oxygens (including phenoxy) is 7. The molecule has 214 valence electrons. The van der Waals surface area contributed by atoms with Crippen LogP contribution in [0.15, 0.2) is 66.7 Å². The first-order valence-electron chi connectivity index (χ1n) is 13.3. The molecule has 0 aliphatic carbocycles. The molecule has 41 heavy (non-hydrogen) atoms. The van der Waals surface area contributed by atoms with E-state index in [2.05, 4.69) is 6.07 Å². The van der Waals surface area contributed by atoms with Gasteiger partial charge in [-0.2, -0.15) is 0 Å². The van der Waals surface area contributed by atoms with Crippen LogP contribution >= 0.6 is 0 Å². The van der Waals surface area contributed by atoms with Crippen molar-refractivity contribution in [1.29, 1.82) is 0 Å². The molecular formula is C33H34O8. The summed E-state index contributed by atoms with van der Waals surface area (Å²) in [5.74, 6) is 4.70. The number of phenols is 1. The molecule has 1 aliphatic rings. The molecule has 0 spiro atoms. The molecule has 0 saturated heterocycles. The van der Waals surface area contributed by atoms with Gasteiger partial charge in [0.1, 0.15) is 17.2 Å². The third kappa shape index (κ3) is 6.54. The minimum Gasteiger partial charge on any atom is -0.504 e. The standard InChI is InChI=1S/C33H34O8/c1-35-25-7-5-6-21(12-25)8-9-22-13-26(36-2)19-27(14-22)41-31-18-23(15-28(34)32(31)38-4)10-11-24-16-29(37-3)33-30(17-24)39-20-40-33/h5-7,12-19,34H,8-11,20H2,1-4H3. The fourth-order valence-electron chi connectivity index (χ4n) is 4.88. The second-order valence-corrected chi connectivity index (χ2v) is 9.65. The largest absolute Gasteiger partial charge is 0.504 e. The van der Waals surface area contributed by atoms with E-state index in [1.807, 2.05) is 54.6 Å². The molecule has 1 N–H and O–H groups in total. The fourth-order valence-corrected chi connectivity index (χ4v) is 4.88. The molecule has 8 nitrogen and oxygen atoms in total. The van der Waals surface area contributed by atoms with Crippen molar-refractivity contribution in [1.82, 2.24) is 0 Å². The summed E-state index contributed by atoms with van der Waals surface area (Å²) in [5.41, 5.74) is 4.14. The SMILES string of the molecule is COc1cccc(CCc2cc(OC)cc(Oc3cc(CCc4cc(OC)c5c(c4)OCO5)cc(O)c3OC)c2)c1. The quantitative estimate of drug-likeness (QED) is 0.210. The van der Waals surface area contributed by atoms with E-state index in [1.165, 1.54) is 12.7 Å². The molecule has 0 bridgehead atoms. The predicted molar refractivity (Wildman–Crippen MR) is 155 cm³/mol. The van der Waals surface area contributed by atoms with Gasteiger partial charge < -0.3 is 38.3 Å². The first-order chi connectivity index (χ1) is 20.0. The van der Waals surface area contributed by atoms with Gasteiger partial charge >= 0.3 is 0 Å². The topological polar surface area (TPSA) is 84.8 Å². The molecule has 5 rings (SSSR count). The molecule has 4 aromatic rings. The Morgan fingerprint density at radius 3 is 2.00 bits per heavy atom.